The van der Waals surface area contributed by atoms with Gasteiger partial charge in [-0.3, -0.25) is 0 Å². The van der Waals surface area contributed by atoms with Crippen LogP contribution in [-0.4, -0.2) is 88.5 Å². The zero-order valence-electron chi connectivity index (χ0n) is 67.4. The topological polar surface area (TPSA) is 207 Å². The second kappa shape index (κ2) is 33.6. The number of nitrogens with zero attached hydrogens (tertiary/aromatic N) is 18. The van der Waals surface area contributed by atoms with E-state index < -0.39 is 21.6 Å². The highest BCUT2D eigenvalue weighted by Crippen LogP contribution is 2.45. The van der Waals surface area contributed by atoms with Crippen LogP contribution in [-0.2, 0) is 4.57 Å². The Kier molecular flexibility index (Phi) is 23.4. The van der Waals surface area contributed by atoms with E-state index in [0.717, 1.165) is 121 Å². The molecule has 114 heavy (non-hydrogen) atoms. The van der Waals surface area contributed by atoms with Crippen LogP contribution in [0.1, 0.15) is 165 Å². The van der Waals surface area contributed by atoms with Crippen LogP contribution in [0.4, 0.5) is 34.9 Å². The summed E-state index contributed by atoms with van der Waals surface area (Å²) in [6, 6.07) is 73.4. The zero-order valence-corrected chi connectivity index (χ0v) is 67.4. The van der Waals surface area contributed by atoms with E-state index >= 15 is 0 Å². The molecule has 0 saturated heterocycles. The van der Waals surface area contributed by atoms with Crippen LogP contribution in [0.3, 0.4) is 0 Å². The maximum absolute atomic E-state index is 11.7. The summed E-state index contributed by atoms with van der Waals surface area (Å²) in [5, 5.41) is 22.9. The smallest absolute Gasteiger partial charge is 0.422 e. The lowest BCUT2D eigenvalue weighted by molar-refractivity contribution is 0.507. The molecule has 0 fully saturated rings. The highest BCUT2D eigenvalue weighted by Gasteiger charge is 2.47. The zero-order chi connectivity index (χ0) is 79.6. The molecule has 12 bridgehead atoms. The number of aliphatic imine (C=N–C) groups is 6. The molecule has 9 aromatic carbocycles. The van der Waals surface area contributed by atoms with Crippen molar-refractivity contribution in [3.05, 3.63) is 285 Å². The Morgan fingerprint density at radius 1 is 0.202 bits per heavy atom. The van der Waals surface area contributed by atoms with Crippen LogP contribution in [0.2, 0.25) is 0 Å². The van der Waals surface area contributed by atoms with Crippen LogP contribution < -0.4 is 32.9 Å². The molecule has 0 spiro atoms. The van der Waals surface area contributed by atoms with Gasteiger partial charge in [0.25, 0.3) is 0 Å². The first-order valence-electron chi connectivity index (χ1n) is 40.3. The summed E-state index contributed by atoms with van der Waals surface area (Å²) < 4.78 is 20.0. The quantitative estimate of drug-likeness (QED) is 0.168. The SMILES string of the molecule is C.CC.CC.CC.CC.CC.CC.CC.CC.CC.OB1n2c3c4ccccc4c2N=c2c4ccccc4c(n21)=NC1=NC(=N3)c2ccccc21.c1ccc2c(c1)C1=NC2=Nc2c3ccccc3c3n2B(OB2n4c5c6ccccc6c4N=c4c6ccccc6c(n42)=NC2=NC(=N5)c4ccccc42)n2c(c4ccccc4c2=N3)=N1. The molecule has 15 aromatic rings. The third kappa shape index (κ3) is 12.0. The molecule has 0 saturated carbocycles. The lowest BCUT2D eigenvalue weighted by Crippen LogP contribution is -2.59. The highest BCUT2D eigenvalue weighted by molar-refractivity contribution is 6.65. The lowest BCUT2D eigenvalue weighted by atomic mass is 9.88. The molecule has 0 atom stereocenters. The molecule has 0 aliphatic carbocycles. The molecular formula is C91H95B3N18O2. The minimum absolute atomic E-state index is 0. The third-order valence-corrected chi connectivity index (χ3v) is 19.5. The summed E-state index contributed by atoms with van der Waals surface area (Å²) in [5.74, 6) is 7.61. The predicted octanol–water partition coefficient (Wildman–Crippen LogP) is 19.0. The summed E-state index contributed by atoms with van der Waals surface area (Å²) in [5.41, 5.74) is 9.63. The Labute approximate surface area is 665 Å². The Balaban J connectivity index is 0.000000188. The average Bonchev–Trinajstić information content (AvgIpc) is 1.56. The first-order chi connectivity index (χ1) is 56.0. The van der Waals surface area contributed by atoms with Gasteiger partial charge in [0, 0.05) is 98.0 Å². The lowest BCUT2D eigenvalue weighted by Gasteiger charge is -2.29. The van der Waals surface area contributed by atoms with E-state index in [1.807, 2.05) is 270 Å². The third-order valence-electron chi connectivity index (χ3n) is 19.5. The van der Waals surface area contributed by atoms with Gasteiger partial charge in [-0.2, -0.15) is 0 Å². The fourth-order valence-corrected chi connectivity index (χ4v) is 15.4. The van der Waals surface area contributed by atoms with Gasteiger partial charge in [-0.15, -0.1) is 0 Å². The number of fused-ring (bicyclic) bond motifs is 30. The van der Waals surface area contributed by atoms with Crippen molar-refractivity contribution >= 4 is 156 Å². The number of hydrogen-bond acceptors (Lipinski definition) is 14. The van der Waals surface area contributed by atoms with Crippen molar-refractivity contribution in [2.75, 3.05) is 0 Å². The van der Waals surface area contributed by atoms with Crippen molar-refractivity contribution in [2.24, 2.45) is 59.9 Å². The maximum Gasteiger partial charge on any atom is 0.560 e. The van der Waals surface area contributed by atoms with Crippen molar-refractivity contribution in [1.82, 2.24) is 26.9 Å². The first kappa shape index (κ1) is 79.2. The van der Waals surface area contributed by atoms with Gasteiger partial charge in [0.05, 0.1) is 0 Å². The number of benzene rings is 9. The van der Waals surface area contributed by atoms with E-state index in [2.05, 4.69) is 90.7 Å². The van der Waals surface area contributed by atoms with Gasteiger partial charge in [0.1, 0.15) is 67.8 Å². The van der Waals surface area contributed by atoms with Crippen LogP contribution >= 0.6 is 0 Å². The molecule has 6 aromatic heterocycles. The first-order valence-corrected chi connectivity index (χ1v) is 40.3. The molecule has 0 amide bonds. The van der Waals surface area contributed by atoms with E-state index in [-0.39, 0.29) is 7.43 Å². The van der Waals surface area contributed by atoms with Crippen LogP contribution in [0.15, 0.2) is 278 Å². The summed E-state index contributed by atoms with van der Waals surface area (Å²) >= 11 is 0. The van der Waals surface area contributed by atoms with E-state index in [1.165, 1.54) is 0 Å². The normalized spacial score (nSPS) is 13.3. The fourth-order valence-electron chi connectivity index (χ4n) is 15.4. The van der Waals surface area contributed by atoms with Gasteiger partial charge in [-0.05, 0) is 0 Å². The van der Waals surface area contributed by atoms with Crippen molar-refractivity contribution in [3.8, 4) is 0 Å². The Morgan fingerprint density at radius 2 is 0.377 bits per heavy atom. The fraction of sp³-hybridized carbons (Fsp3) is 0.209. The largest absolute Gasteiger partial charge is 0.560 e. The summed E-state index contributed by atoms with van der Waals surface area (Å²) in [6.07, 6.45) is 0. The minimum atomic E-state index is -1.03. The maximum atomic E-state index is 11.7. The molecule has 570 valence electrons. The number of hydrogen-bond donors (Lipinski definition) is 1. The number of amidine groups is 6. The van der Waals surface area contributed by atoms with Gasteiger partial charge in [-0.1, -0.05) is 350 Å². The number of aromatic nitrogens is 6. The van der Waals surface area contributed by atoms with Crippen molar-refractivity contribution in [2.45, 2.75) is 132 Å². The van der Waals surface area contributed by atoms with E-state index in [1.54, 1.807) is 8.96 Å². The van der Waals surface area contributed by atoms with Crippen LogP contribution in [0.25, 0.3) is 64.6 Å². The summed E-state index contributed by atoms with van der Waals surface area (Å²) in [4.78, 5) is 62.8. The molecule has 23 heteroatoms. The average molecular weight is 1510 g/mol. The van der Waals surface area contributed by atoms with Gasteiger partial charge < -0.3 is 36.5 Å². The molecule has 1 N–H and O–H groups in total. The monoisotopic (exact) mass is 1500 g/mol. The van der Waals surface area contributed by atoms with Gasteiger partial charge in [-0.25, -0.2) is 59.9 Å². The van der Waals surface area contributed by atoms with Crippen molar-refractivity contribution in [1.29, 1.82) is 0 Å². The molecular weight excluding hydrogens is 1410 g/mol. The molecule has 15 heterocycles. The van der Waals surface area contributed by atoms with E-state index in [4.69, 9.17) is 64.5 Å². The van der Waals surface area contributed by atoms with Crippen LogP contribution in [0, 0.1) is 0 Å². The van der Waals surface area contributed by atoms with Crippen molar-refractivity contribution in [3.63, 3.8) is 0 Å². The second-order valence-corrected chi connectivity index (χ2v) is 24.4. The Morgan fingerprint density at radius 3 is 0.632 bits per heavy atom. The molecule has 24 rings (SSSR count). The number of rotatable bonds is 2. The minimum Gasteiger partial charge on any atom is -0.422 e. The summed E-state index contributed by atoms with van der Waals surface area (Å²) in [6.45, 7) is 36.0. The Hall–Kier alpha value is -12.8. The van der Waals surface area contributed by atoms with Gasteiger partial charge in [0.15, 0.2) is 35.0 Å². The van der Waals surface area contributed by atoms with Gasteiger partial charge in [0.2, 0.25) is 0 Å². The summed E-state index contributed by atoms with van der Waals surface area (Å²) in [7, 11) is -2.82. The van der Waals surface area contributed by atoms with Crippen molar-refractivity contribution < 1.29 is 9.60 Å². The molecule has 20 nitrogen and oxygen atoms in total. The second-order valence-electron chi connectivity index (χ2n) is 24.4. The van der Waals surface area contributed by atoms with Gasteiger partial charge >= 0.3 is 21.6 Å². The predicted molar refractivity (Wildman–Crippen MR) is 477 cm³/mol. The molecule has 0 radical (unpaired) electrons. The molecule has 0 unspecified atom stereocenters. The van der Waals surface area contributed by atoms with Crippen LogP contribution in [0.5, 0.6) is 0 Å². The Bertz CT molecular complexity index is 6630. The highest BCUT2D eigenvalue weighted by atomic mass is 16.4. The molecule has 9 aliphatic heterocycles. The van der Waals surface area contributed by atoms with E-state index in [9.17, 15) is 5.02 Å². The van der Waals surface area contributed by atoms with E-state index in [0.29, 0.717) is 80.2 Å². The molecule has 9 aliphatic rings. The standard InChI is InChI=1S/C48H24B2N12O.C24H13BN6O.9C2H6.CH4/c1-2-14-26-25(13-1)37-51-38(26)54-42-30-18-6-10-22-34(30)46-57-45-33-21-9-5-17-29(33)41(53-37)59(45)49(60(42)46)63-50-61-43-31-19-7-11-23-35(31)47(61)58-48-36-24-12-8-20-32(36)44(62(48)50)56-40-28-16-4-3-15-27(28)39(52-40)55-43;32-25-30-21-15-9-3-5-11-17(15)23(30)29-24-18-12-6-4-10-16(18)22(31(24)25)28-20-14-8-2-1-7-13(14)19(26-20)27-21;9*1-2;/h1-24H;1-12,32H;9*1-2H3;1H4.